The smallest absolute Gasteiger partial charge is 0.408 e. The molecular weight excluding hydrogens is 448 g/mol. The molecule has 1 saturated carbocycles. The molecule has 0 radical (unpaired) electrons. The van der Waals surface area contributed by atoms with Crippen LogP contribution in [0.2, 0.25) is 0 Å². The summed E-state index contributed by atoms with van der Waals surface area (Å²) in [6, 6.07) is 3.15. The summed E-state index contributed by atoms with van der Waals surface area (Å²) in [5, 5.41) is 5.44. The van der Waals surface area contributed by atoms with Gasteiger partial charge in [0.2, 0.25) is 17.7 Å². The van der Waals surface area contributed by atoms with Gasteiger partial charge in [-0.3, -0.25) is 14.4 Å². The van der Waals surface area contributed by atoms with E-state index >= 15 is 0 Å². The van der Waals surface area contributed by atoms with E-state index in [0.29, 0.717) is 12.0 Å². The topological polar surface area (TPSA) is 131 Å². The van der Waals surface area contributed by atoms with Crippen molar-refractivity contribution < 1.29 is 23.9 Å². The number of aryl methyl sites for hydroxylation is 2. The molecule has 4 amide bonds. The number of nitrogens with zero attached hydrogens (tertiary/aromatic N) is 1. The molecule has 9 nitrogen and oxygen atoms in total. The third-order valence-electron chi connectivity index (χ3n) is 5.75. The van der Waals surface area contributed by atoms with Gasteiger partial charge in [-0.15, -0.1) is 0 Å². The number of carbonyl (C=O) groups excluding carboxylic acids is 4. The number of nitrogens with one attached hydrogen (secondary N) is 2. The van der Waals surface area contributed by atoms with Gasteiger partial charge in [-0.2, -0.15) is 0 Å². The van der Waals surface area contributed by atoms with E-state index in [2.05, 4.69) is 10.6 Å². The van der Waals surface area contributed by atoms with Gasteiger partial charge in [0.25, 0.3) is 0 Å². The first kappa shape index (κ1) is 28.1. The maximum atomic E-state index is 14.0. The highest BCUT2D eigenvalue weighted by molar-refractivity contribution is 5.95. The standard InChI is InChI=1S/C26H40N4O5/c1-14(2)28-23(32)22(18-10-9-15(3)11-16(18)4)30(20-12-17(20)5)24(33)19(13-21(27)31)29-25(34)35-26(6,7)8/h9-11,14,17,19-20,22H,12-13H2,1-8H3,(H2,27,31)(H,28,32)(H,29,34). The van der Waals surface area contributed by atoms with Gasteiger partial charge in [0.1, 0.15) is 17.7 Å². The van der Waals surface area contributed by atoms with Gasteiger partial charge in [-0.05, 0) is 71.9 Å². The van der Waals surface area contributed by atoms with Crippen LogP contribution < -0.4 is 16.4 Å². The number of carbonyl (C=O) groups is 4. The molecule has 2 rings (SSSR count). The normalized spacial score (nSPS) is 18.9. The van der Waals surface area contributed by atoms with Crippen molar-refractivity contribution in [3.63, 3.8) is 0 Å². The zero-order chi connectivity index (χ0) is 26.7. The first-order chi connectivity index (χ1) is 16.1. The van der Waals surface area contributed by atoms with Gasteiger partial charge in [0, 0.05) is 12.1 Å². The molecule has 1 aromatic rings. The van der Waals surface area contributed by atoms with Crippen LogP contribution in [0.1, 0.15) is 77.1 Å². The van der Waals surface area contributed by atoms with Crippen molar-refractivity contribution in [2.75, 3.05) is 0 Å². The molecular formula is C26H40N4O5. The van der Waals surface area contributed by atoms with E-state index in [0.717, 1.165) is 11.1 Å². The summed E-state index contributed by atoms with van der Waals surface area (Å²) in [4.78, 5) is 53.3. The minimum absolute atomic E-state index is 0.148. The third-order valence-corrected chi connectivity index (χ3v) is 5.75. The predicted octanol–water partition coefficient (Wildman–Crippen LogP) is 2.87. The molecule has 0 heterocycles. The summed E-state index contributed by atoms with van der Waals surface area (Å²) in [6.07, 6.45) is -0.547. The molecule has 35 heavy (non-hydrogen) atoms. The molecule has 4 atom stereocenters. The number of hydrogen-bond donors (Lipinski definition) is 3. The van der Waals surface area contributed by atoms with Crippen molar-refractivity contribution in [3.8, 4) is 0 Å². The van der Waals surface area contributed by atoms with Crippen molar-refractivity contribution in [1.82, 2.24) is 15.5 Å². The number of primary amides is 1. The van der Waals surface area contributed by atoms with Crippen LogP contribution in [0.5, 0.6) is 0 Å². The second-order valence-corrected chi connectivity index (χ2v) is 10.8. The Kier molecular flexibility index (Phi) is 8.92. The van der Waals surface area contributed by atoms with Crippen LogP contribution in [0.3, 0.4) is 0 Å². The molecule has 4 N–H and O–H groups in total. The van der Waals surface area contributed by atoms with Crippen LogP contribution in [0.4, 0.5) is 4.79 Å². The average molecular weight is 489 g/mol. The van der Waals surface area contributed by atoms with Gasteiger partial charge in [-0.1, -0.05) is 30.7 Å². The summed E-state index contributed by atoms with van der Waals surface area (Å²) >= 11 is 0. The number of amides is 4. The Balaban J connectivity index is 2.54. The second kappa shape index (κ2) is 11.1. The lowest BCUT2D eigenvalue weighted by atomic mass is 9.95. The quantitative estimate of drug-likeness (QED) is 0.492. The van der Waals surface area contributed by atoms with E-state index in [9.17, 15) is 19.2 Å². The number of alkyl carbamates (subject to hydrolysis) is 1. The highest BCUT2D eigenvalue weighted by Gasteiger charge is 2.48. The van der Waals surface area contributed by atoms with Gasteiger partial charge < -0.3 is 26.0 Å². The van der Waals surface area contributed by atoms with Crippen molar-refractivity contribution >= 4 is 23.8 Å². The third kappa shape index (κ3) is 7.97. The zero-order valence-electron chi connectivity index (χ0n) is 22.1. The van der Waals surface area contributed by atoms with E-state index in [4.69, 9.17) is 10.5 Å². The largest absolute Gasteiger partial charge is 0.444 e. The second-order valence-electron chi connectivity index (χ2n) is 10.8. The Hall–Kier alpha value is -3.10. The fourth-order valence-corrected chi connectivity index (χ4v) is 4.12. The number of benzene rings is 1. The molecule has 0 aliphatic heterocycles. The molecule has 0 bridgehead atoms. The fourth-order valence-electron chi connectivity index (χ4n) is 4.12. The van der Waals surface area contributed by atoms with Crippen LogP contribution in [0.25, 0.3) is 0 Å². The van der Waals surface area contributed by atoms with Gasteiger partial charge >= 0.3 is 6.09 Å². The molecule has 1 aliphatic rings. The molecule has 0 spiro atoms. The minimum Gasteiger partial charge on any atom is -0.444 e. The summed E-state index contributed by atoms with van der Waals surface area (Å²) in [5.74, 6) is -1.46. The van der Waals surface area contributed by atoms with E-state index in [1.165, 1.54) is 4.90 Å². The van der Waals surface area contributed by atoms with Crippen LogP contribution in [-0.4, -0.2) is 52.4 Å². The van der Waals surface area contributed by atoms with Crippen LogP contribution in [0.15, 0.2) is 18.2 Å². The molecule has 0 aromatic heterocycles. The zero-order valence-corrected chi connectivity index (χ0v) is 22.1. The lowest BCUT2D eigenvalue weighted by Crippen LogP contribution is -2.55. The van der Waals surface area contributed by atoms with E-state index in [-0.39, 0.29) is 23.9 Å². The molecule has 9 heteroatoms. The average Bonchev–Trinajstić information content (AvgIpc) is 3.39. The summed E-state index contributed by atoms with van der Waals surface area (Å²) in [7, 11) is 0. The number of rotatable bonds is 9. The van der Waals surface area contributed by atoms with E-state index in [1.807, 2.05) is 52.8 Å². The maximum Gasteiger partial charge on any atom is 0.408 e. The maximum absolute atomic E-state index is 14.0. The highest BCUT2D eigenvalue weighted by Crippen LogP contribution is 2.41. The molecule has 4 unspecified atom stereocenters. The summed E-state index contributed by atoms with van der Waals surface area (Å²) in [6.45, 7) is 14.6. The molecule has 1 aliphatic carbocycles. The Morgan fingerprint density at radius 2 is 1.74 bits per heavy atom. The monoisotopic (exact) mass is 488 g/mol. The molecule has 1 aromatic carbocycles. The van der Waals surface area contributed by atoms with E-state index in [1.54, 1.807) is 20.8 Å². The van der Waals surface area contributed by atoms with Crippen molar-refractivity contribution in [2.45, 2.75) is 98.0 Å². The Morgan fingerprint density at radius 3 is 2.20 bits per heavy atom. The summed E-state index contributed by atoms with van der Waals surface area (Å²) < 4.78 is 5.30. The number of ether oxygens (including phenoxy) is 1. The lowest BCUT2D eigenvalue weighted by Gasteiger charge is -2.36. The van der Waals surface area contributed by atoms with Gasteiger partial charge in [0.05, 0.1) is 6.42 Å². The highest BCUT2D eigenvalue weighted by atomic mass is 16.6. The number of nitrogens with two attached hydrogens (primary N) is 1. The summed E-state index contributed by atoms with van der Waals surface area (Å²) in [5.41, 5.74) is 7.22. The first-order valence-corrected chi connectivity index (χ1v) is 12.1. The van der Waals surface area contributed by atoms with Crippen molar-refractivity contribution in [2.24, 2.45) is 11.7 Å². The van der Waals surface area contributed by atoms with E-state index < -0.39 is 42.0 Å². The van der Waals surface area contributed by atoms with Crippen molar-refractivity contribution in [1.29, 1.82) is 0 Å². The van der Waals surface area contributed by atoms with Crippen LogP contribution in [-0.2, 0) is 19.1 Å². The van der Waals surface area contributed by atoms with Gasteiger partial charge in [0.15, 0.2) is 0 Å². The lowest BCUT2D eigenvalue weighted by molar-refractivity contribution is -0.144. The van der Waals surface area contributed by atoms with Crippen LogP contribution >= 0.6 is 0 Å². The Morgan fingerprint density at radius 1 is 1.14 bits per heavy atom. The predicted molar refractivity (Wildman–Crippen MR) is 133 cm³/mol. The SMILES string of the molecule is Cc1ccc(C(C(=O)NC(C)C)N(C(=O)C(CC(N)=O)NC(=O)OC(C)(C)C)C2CC2C)c(C)c1. The minimum atomic E-state index is -1.27. The Bertz CT molecular complexity index is 969. The van der Waals surface area contributed by atoms with Gasteiger partial charge in [-0.25, -0.2) is 4.79 Å². The van der Waals surface area contributed by atoms with Crippen LogP contribution in [0, 0.1) is 19.8 Å². The molecule has 0 saturated heterocycles. The Labute approximate surface area is 208 Å². The fraction of sp³-hybridized carbons (Fsp3) is 0.615. The first-order valence-electron chi connectivity index (χ1n) is 12.1. The molecule has 194 valence electrons. The number of hydrogen-bond acceptors (Lipinski definition) is 5. The molecule has 1 fully saturated rings. The van der Waals surface area contributed by atoms with Crippen molar-refractivity contribution in [3.05, 3.63) is 34.9 Å².